The van der Waals surface area contributed by atoms with Crippen LogP contribution in [0.1, 0.15) is 45.4 Å². The summed E-state index contributed by atoms with van der Waals surface area (Å²) in [5.41, 5.74) is 0. The van der Waals surface area contributed by atoms with E-state index in [1.165, 1.54) is 32.1 Å². The lowest BCUT2D eigenvalue weighted by Crippen LogP contribution is -2.52. The third-order valence-electron chi connectivity index (χ3n) is 4.01. The van der Waals surface area contributed by atoms with Crippen molar-refractivity contribution < 1.29 is 4.79 Å². The van der Waals surface area contributed by atoms with Gasteiger partial charge in [0.15, 0.2) is 0 Å². The van der Waals surface area contributed by atoms with Crippen LogP contribution in [0, 0.1) is 5.92 Å². The second kappa shape index (κ2) is 5.67. The summed E-state index contributed by atoms with van der Waals surface area (Å²) in [6, 6.07) is 0.379. The number of rotatable bonds is 2. The molecule has 1 amide bonds. The van der Waals surface area contributed by atoms with Crippen LogP contribution < -0.4 is 5.32 Å². The van der Waals surface area contributed by atoms with E-state index in [9.17, 15) is 4.79 Å². The SMILES string of the molecule is C[C@@H]1CNCCN1C(=O)CC1CCCCC1. The Hall–Kier alpha value is -0.570. The van der Waals surface area contributed by atoms with Gasteiger partial charge in [-0.15, -0.1) is 0 Å². The summed E-state index contributed by atoms with van der Waals surface area (Å²) in [6.45, 7) is 4.95. The van der Waals surface area contributed by atoms with E-state index in [2.05, 4.69) is 17.1 Å². The van der Waals surface area contributed by atoms with Gasteiger partial charge < -0.3 is 10.2 Å². The first-order valence-corrected chi connectivity index (χ1v) is 6.77. The van der Waals surface area contributed by atoms with Crippen LogP contribution in [0.4, 0.5) is 0 Å². The first-order valence-electron chi connectivity index (χ1n) is 6.77. The Morgan fingerprint density at radius 1 is 1.31 bits per heavy atom. The molecule has 2 rings (SSSR count). The number of hydrogen-bond donors (Lipinski definition) is 1. The Kier molecular flexibility index (Phi) is 4.22. The molecule has 0 aromatic carbocycles. The van der Waals surface area contributed by atoms with E-state index in [0.717, 1.165) is 26.1 Å². The minimum atomic E-state index is 0.379. The number of piperazine rings is 1. The lowest BCUT2D eigenvalue weighted by molar-refractivity contribution is -0.135. The average molecular weight is 224 g/mol. The van der Waals surface area contributed by atoms with Crippen molar-refractivity contribution in [2.75, 3.05) is 19.6 Å². The van der Waals surface area contributed by atoms with Gasteiger partial charge in [0.25, 0.3) is 0 Å². The van der Waals surface area contributed by atoms with Gasteiger partial charge >= 0.3 is 0 Å². The Morgan fingerprint density at radius 2 is 2.06 bits per heavy atom. The van der Waals surface area contributed by atoms with Crippen molar-refractivity contribution in [1.82, 2.24) is 10.2 Å². The first kappa shape index (κ1) is 11.9. The van der Waals surface area contributed by atoms with Crippen LogP contribution in [0.3, 0.4) is 0 Å². The molecule has 2 fully saturated rings. The highest BCUT2D eigenvalue weighted by Crippen LogP contribution is 2.27. The summed E-state index contributed by atoms with van der Waals surface area (Å²) in [7, 11) is 0. The molecule has 1 saturated heterocycles. The molecule has 2 aliphatic rings. The van der Waals surface area contributed by atoms with Gasteiger partial charge in [-0.3, -0.25) is 4.79 Å². The van der Waals surface area contributed by atoms with Crippen LogP contribution in [-0.2, 0) is 4.79 Å². The standard InChI is InChI=1S/C13H24N2O/c1-11-10-14-7-8-15(11)13(16)9-12-5-3-2-4-6-12/h11-12,14H,2-10H2,1H3/t11-/m1/s1. The molecule has 0 spiro atoms. The third-order valence-corrected chi connectivity index (χ3v) is 4.01. The fourth-order valence-electron chi connectivity index (χ4n) is 2.97. The highest BCUT2D eigenvalue weighted by atomic mass is 16.2. The zero-order chi connectivity index (χ0) is 11.4. The van der Waals surface area contributed by atoms with Crippen molar-refractivity contribution in [3.63, 3.8) is 0 Å². The molecular formula is C13H24N2O. The van der Waals surface area contributed by atoms with Crippen molar-refractivity contribution in [1.29, 1.82) is 0 Å². The van der Waals surface area contributed by atoms with E-state index in [1.807, 2.05) is 0 Å². The second-order valence-corrected chi connectivity index (χ2v) is 5.35. The molecule has 92 valence electrons. The number of nitrogens with one attached hydrogen (secondary N) is 1. The Morgan fingerprint density at radius 3 is 2.75 bits per heavy atom. The minimum absolute atomic E-state index is 0.379. The normalized spacial score (nSPS) is 28.1. The van der Waals surface area contributed by atoms with Crippen LogP contribution >= 0.6 is 0 Å². The molecule has 0 aromatic heterocycles. The topological polar surface area (TPSA) is 32.3 Å². The fraction of sp³-hybridized carbons (Fsp3) is 0.923. The van der Waals surface area contributed by atoms with Crippen molar-refractivity contribution >= 4 is 5.91 Å². The fourth-order valence-corrected chi connectivity index (χ4v) is 2.97. The number of carbonyl (C=O) groups is 1. The highest BCUT2D eigenvalue weighted by Gasteiger charge is 2.25. The van der Waals surface area contributed by atoms with Gasteiger partial charge in [0.05, 0.1) is 0 Å². The lowest BCUT2D eigenvalue weighted by atomic mass is 9.86. The number of nitrogens with zero attached hydrogens (tertiary/aromatic N) is 1. The number of carbonyl (C=O) groups excluding carboxylic acids is 1. The van der Waals surface area contributed by atoms with Gasteiger partial charge in [-0.2, -0.15) is 0 Å². The molecule has 1 aliphatic carbocycles. The molecule has 0 aromatic rings. The quantitative estimate of drug-likeness (QED) is 0.775. The zero-order valence-electron chi connectivity index (χ0n) is 10.4. The van der Waals surface area contributed by atoms with Gasteiger partial charge in [-0.05, 0) is 25.7 Å². The molecule has 16 heavy (non-hydrogen) atoms. The summed E-state index contributed by atoms with van der Waals surface area (Å²) in [5, 5.41) is 3.33. The molecule has 1 aliphatic heterocycles. The van der Waals surface area contributed by atoms with Crippen LogP contribution in [0.25, 0.3) is 0 Å². The zero-order valence-corrected chi connectivity index (χ0v) is 10.4. The van der Waals surface area contributed by atoms with E-state index in [4.69, 9.17) is 0 Å². The molecule has 1 heterocycles. The smallest absolute Gasteiger partial charge is 0.223 e. The Balaban J connectivity index is 1.81. The van der Waals surface area contributed by atoms with Crippen molar-refractivity contribution in [3.05, 3.63) is 0 Å². The van der Waals surface area contributed by atoms with Crippen LogP contribution in [0.15, 0.2) is 0 Å². The predicted octanol–water partition coefficient (Wildman–Crippen LogP) is 1.78. The van der Waals surface area contributed by atoms with Crippen LogP contribution in [0.5, 0.6) is 0 Å². The maximum absolute atomic E-state index is 12.2. The summed E-state index contributed by atoms with van der Waals surface area (Å²) < 4.78 is 0. The first-order chi connectivity index (χ1) is 7.77. The van der Waals surface area contributed by atoms with E-state index >= 15 is 0 Å². The summed E-state index contributed by atoms with van der Waals surface area (Å²) in [6.07, 6.45) is 7.36. The Bertz CT molecular complexity index is 236. The van der Waals surface area contributed by atoms with Gasteiger partial charge in [0.2, 0.25) is 5.91 Å². The van der Waals surface area contributed by atoms with Crippen LogP contribution in [0.2, 0.25) is 0 Å². The van der Waals surface area contributed by atoms with E-state index in [0.29, 0.717) is 17.9 Å². The van der Waals surface area contributed by atoms with Crippen molar-refractivity contribution in [2.24, 2.45) is 5.92 Å². The van der Waals surface area contributed by atoms with Crippen molar-refractivity contribution in [3.8, 4) is 0 Å². The predicted molar refractivity (Wildman–Crippen MR) is 65.2 cm³/mol. The molecule has 3 nitrogen and oxygen atoms in total. The summed E-state index contributed by atoms with van der Waals surface area (Å²) >= 11 is 0. The molecule has 0 unspecified atom stereocenters. The molecule has 3 heteroatoms. The number of hydrogen-bond acceptors (Lipinski definition) is 2. The maximum atomic E-state index is 12.2. The van der Waals surface area contributed by atoms with Gasteiger partial charge in [0, 0.05) is 32.1 Å². The summed E-state index contributed by atoms with van der Waals surface area (Å²) in [4.78, 5) is 14.2. The van der Waals surface area contributed by atoms with Gasteiger partial charge in [-0.25, -0.2) is 0 Å². The number of amides is 1. The second-order valence-electron chi connectivity index (χ2n) is 5.35. The van der Waals surface area contributed by atoms with Gasteiger partial charge in [-0.1, -0.05) is 19.3 Å². The molecule has 1 N–H and O–H groups in total. The molecule has 1 saturated carbocycles. The Labute approximate surface area is 98.6 Å². The molecule has 1 atom stereocenters. The summed E-state index contributed by atoms with van der Waals surface area (Å²) in [5.74, 6) is 1.06. The van der Waals surface area contributed by atoms with Crippen LogP contribution in [-0.4, -0.2) is 36.5 Å². The van der Waals surface area contributed by atoms with Gasteiger partial charge in [0.1, 0.15) is 0 Å². The highest BCUT2D eigenvalue weighted by molar-refractivity contribution is 5.77. The molecule has 0 radical (unpaired) electrons. The maximum Gasteiger partial charge on any atom is 0.223 e. The molecule has 0 bridgehead atoms. The minimum Gasteiger partial charge on any atom is -0.337 e. The average Bonchev–Trinajstić information content (AvgIpc) is 2.31. The van der Waals surface area contributed by atoms with E-state index < -0.39 is 0 Å². The van der Waals surface area contributed by atoms with E-state index in [1.54, 1.807) is 0 Å². The van der Waals surface area contributed by atoms with E-state index in [-0.39, 0.29) is 0 Å². The largest absolute Gasteiger partial charge is 0.337 e. The monoisotopic (exact) mass is 224 g/mol. The third kappa shape index (κ3) is 2.97. The van der Waals surface area contributed by atoms with Crippen molar-refractivity contribution in [2.45, 2.75) is 51.5 Å². The molecular weight excluding hydrogens is 200 g/mol. The lowest BCUT2D eigenvalue weighted by Gasteiger charge is -2.35.